The molecule has 0 aliphatic carbocycles. The second kappa shape index (κ2) is 8.92. The number of hydrogen-bond donors (Lipinski definition) is 1. The van der Waals surface area contributed by atoms with Crippen LogP contribution >= 0.6 is 11.8 Å². The van der Waals surface area contributed by atoms with E-state index in [1.54, 1.807) is 6.20 Å². The maximum Gasteiger partial charge on any atom is 0.230 e. The van der Waals surface area contributed by atoms with Crippen LogP contribution in [0, 0.1) is 5.92 Å². The topological polar surface area (TPSA) is 46.9 Å². The van der Waals surface area contributed by atoms with Crippen LogP contribution < -0.4 is 5.32 Å². The van der Waals surface area contributed by atoms with E-state index in [4.69, 9.17) is 0 Å². The van der Waals surface area contributed by atoms with Gasteiger partial charge in [-0.3, -0.25) is 9.36 Å². The molecule has 0 saturated heterocycles. The molecule has 0 spiro atoms. The molecule has 0 unspecified atom stereocenters. The molecule has 1 N–H and O–H groups in total. The van der Waals surface area contributed by atoms with Crippen molar-refractivity contribution in [1.82, 2.24) is 14.9 Å². The highest BCUT2D eigenvalue weighted by Crippen LogP contribution is 2.22. The van der Waals surface area contributed by atoms with E-state index in [1.807, 2.05) is 10.8 Å². The second-order valence-corrected chi connectivity index (χ2v) is 7.59. The highest BCUT2D eigenvalue weighted by atomic mass is 32.2. The van der Waals surface area contributed by atoms with Gasteiger partial charge >= 0.3 is 0 Å². The van der Waals surface area contributed by atoms with Crippen LogP contribution in [0.1, 0.15) is 45.6 Å². The molecule has 0 radical (unpaired) electrons. The van der Waals surface area contributed by atoms with Crippen molar-refractivity contribution >= 4 is 17.7 Å². The number of carbonyl (C=O) groups is 1. The van der Waals surface area contributed by atoms with Gasteiger partial charge in [0, 0.05) is 24.6 Å². The van der Waals surface area contributed by atoms with E-state index in [1.165, 1.54) is 17.3 Å². The van der Waals surface area contributed by atoms with Crippen LogP contribution in [0.2, 0.25) is 0 Å². The highest BCUT2D eigenvalue weighted by Gasteiger charge is 2.09. The Bertz CT molecular complexity index is 647. The summed E-state index contributed by atoms with van der Waals surface area (Å²) in [4.78, 5) is 16.3. The van der Waals surface area contributed by atoms with Crippen molar-refractivity contribution in [1.29, 1.82) is 0 Å². The van der Waals surface area contributed by atoms with Gasteiger partial charge in [-0.15, -0.1) is 0 Å². The number of thioether (sulfide) groups is 1. The van der Waals surface area contributed by atoms with E-state index in [0.717, 1.165) is 23.8 Å². The summed E-state index contributed by atoms with van der Waals surface area (Å²) in [6.07, 6.45) is 4.71. The van der Waals surface area contributed by atoms with Gasteiger partial charge in [-0.25, -0.2) is 4.98 Å². The predicted octanol–water partition coefficient (Wildman–Crippen LogP) is 4.25. The molecule has 0 bridgehead atoms. The second-order valence-electron chi connectivity index (χ2n) is 6.65. The first kappa shape index (κ1) is 18.6. The Kier molecular flexibility index (Phi) is 6.91. The minimum Gasteiger partial charge on any atom is -0.355 e. The lowest BCUT2D eigenvalue weighted by atomic mass is 10.0. The maximum absolute atomic E-state index is 11.9. The Morgan fingerprint density at radius 2 is 1.92 bits per heavy atom. The highest BCUT2D eigenvalue weighted by molar-refractivity contribution is 7.99. The summed E-state index contributed by atoms with van der Waals surface area (Å²) >= 11 is 1.47. The fourth-order valence-corrected chi connectivity index (χ4v) is 3.10. The van der Waals surface area contributed by atoms with Crippen LogP contribution in [0.15, 0.2) is 41.8 Å². The van der Waals surface area contributed by atoms with E-state index in [-0.39, 0.29) is 5.91 Å². The Hall–Kier alpha value is -1.75. The third kappa shape index (κ3) is 5.41. The van der Waals surface area contributed by atoms with Crippen LogP contribution in [0.3, 0.4) is 0 Å². The van der Waals surface area contributed by atoms with Gasteiger partial charge in [0.25, 0.3) is 0 Å². The predicted molar refractivity (Wildman–Crippen MR) is 101 cm³/mol. The molecule has 1 heterocycles. The van der Waals surface area contributed by atoms with Crippen molar-refractivity contribution in [2.24, 2.45) is 5.92 Å². The Morgan fingerprint density at radius 1 is 1.21 bits per heavy atom. The van der Waals surface area contributed by atoms with E-state index in [2.05, 4.69) is 62.3 Å². The van der Waals surface area contributed by atoms with Crippen LogP contribution in [-0.2, 0) is 4.79 Å². The first-order chi connectivity index (χ1) is 11.5. The molecule has 0 atom stereocenters. The van der Waals surface area contributed by atoms with Gasteiger partial charge < -0.3 is 5.32 Å². The summed E-state index contributed by atoms with van der Waals surface area (Å²) < 4.78 is 2.02. The maximum atomic E-state index is 11.9. The first-order valence-electron chi connectivity index (χ1n) is 8.50. The number of carbonyl (C=O) groups excluding carboxylic acids is 1. The molecule has 1 amide bonds. The summed E-state index contributed by atoms with van der Waals surface area (Å²) in [5.74, 6) is 1.57. The van der Waals surface area contributed by atoms with Crippen molar-refractivity contribution in [2.75, 3.05) is 12.3 Å². The van der Waals surface area contributed by atoms with Crippen molar-refractivity contribution in [3.05, 3.63) is 42.2 Å². The smallest absolute Gasteiger partial charge is 0.230 e. The number of nitrogens with one attached hydrogen (secondary N) is 1. The minimum absolute atomic E-state index is 0.0605. The molecular weight excluding hydrogens is 318 g/mol. The van der Waals surface area contributed by atoms with E-state index < -0.39 is 0 Å². The largest absolute Gasteiger partial charge is 0.355 e. The van der Waals surface area contributed by atoms with E-state index in [0.29, 0.717) is 17.6 Å². The number of hydrogen-bond acceptors (Lipinski definition) is 3. The van der Waals surface area contributed by atoms with Gasteiger partial charge in [-0.05, 0) is 36.0 Å². The Morgan fingerprint density at radius 3 is 2.54 bits per heavy atom. The van der Waals surface area contributed by atoms with Gasteiger partial charge in [-0.2, -0.15) is 0 Å². The Balaban J connectivity index is 1.94. The molecule has 1 aromatic carbocycles. The number of aromatic nitrogens is 2. The number of rotatable bonds is 8. The average molecular weight is 346 g/mol. The van der Waals surface area contributed by atoms with Crippen molar-refractivity contribution < 1.29 is 4.79 Å². The van der Waals surface area contributed by atoms with E-state index in [9.17, 15) is 4.79 Å². The first-order valence-corrected chi connectivity index (χ1v) is 9.49. The van der Waals surface area contributed by atoms with Crippen LogP contribution in [0.5, 0.6) is 0 Å². The van der Waals surface area contributed by atoms with Crippen LogP contribution in [0.25, 0.3) is 5.69 Å². The molecule has 4 nitrogen and oxygen atoms in total. The molecular formula is C19H27N3OS. The van der Waals surface area contributed by atoms with Gasteiger partial charge in [0.15, 0.2) is 5.16 Å². The molecule has 0 aliphatic rings. The summed E-state index contributed by atoms with van der Waals surface area (Å²) in [5.41, 5.74) is 2.39. The van der Waals surface area contributed by atoms with Gasteiger partial charge in [0.1, 0.15) is 0 Å². The minimum atomic E-state index is 0.0605. The zero-order chi connectivity index (χ0) is 17.5. The molecule has 1 aromatic heterocycles. The van der Waals surface area contributed by atoms with Gasteiger partial charge in [0.05, 0.1) is 5.75 Å². The summed E-state index contributed by atoms with van der Waals surface area (Å²) in [6, 6.07) is 8.49. The molecule has 0 fully saturated rings. The quantitative estimate of drug-likeness (QED) is 0.728. The number of nitrogens with zero attached hydrogens (tertiary/aromatic N) is 2. The zero-order valence-electron chi connectivity index (χ0n) is 15.0. The summed E-state index contributed by atoms with van der Waals surface area (Å²) in [7, 11) is 0. The zero-order valence-corrected chi connectivity index (χ0v) is 15.8. The van der Waals surface area contributed by atoms with Crippen molar-refractivity contribution in [3.63, 3.8) is 0 Å². The molecule has 2 aromatic rings. The monoisotopic (exact) mass is 345 g/mol. The van der Waals surface area contributed by atoms with Crippen molar-refractivity contribution in [3.8, 4) is 5.69 Å². The molecule has 130 valence electrons. The molecule has 24 heavy (non-hydrogen) atoms. The number of benzene rings is 1. The van der Waals surface area contributed by atoms with Crippen LogP contribution in [0.4, 0.5) is 0 Å². The number of imidazole rings is 1. The molecule has 0 saturated carbocycles. The van der Waals surface area contributed by atoms with Crippen LogP contribution in [-0.4, -0.2) is 27.8 Å². The normalized spacial score (nSPS) is 11.2. The lowest BCUT2D eigenvalue weighted by Crippen LogP contribution is -2.27. The molecule has 0 aliphatic heterocycles. The summed E-state index contributed by atoms with van der Waals surface area (Å²) in [6.45, 7) is 9.42. The fourth-order valence-electron chi connectivity index (χ4n) is 2.29. The van der Waals surface area contributed by atoms with E-state index >= 15 is 0 Å². The van der Waals surface area contributed by atoms with Gasteiger partial charge in [0.2, 0.25) is 5.91 Å². The lowest BCUT2D eigenvalue weighted by molar-refractivity contribution is -0.118. The van der Waals surface area contributed by atoms with Gasteiger partial charge in [-0.1, -0.05) is 51.6 Å². The average Bonchev–Trinajstić information content (AvgIpc) is 3.01. The Labute approximate surface area is 149 Å². The third-order valence-electron chi connectivity index (χ3n) is 3.82. The third-order valence-corrected chi connectivity index (χ3v) is 4.79. The van der Waals surface area contributed by atoms with Crippen molar-refractivity contribution in [2.45, 2.75) is 45.2 Å². The number of amides is 1. The summed E-state index contributed by atoms with van der Waals surface area (Å²) in [5, 5.41) is 3.80. The molecule has 2 rings (SSSR count). The fraction of sp³-hybridized carbons (Fsp3) is 0.474. The SMILES string of the molecule is CC(C)CCNC(=O)CSc1nccn1-c1ccc(C(C)C)cc1. The molecule has 5 heteroatoms. The lowest BCUT2D eigenvalue weighted by Gasteiger charge is -2.10. The standard InChI is InChI=1S/C19H27N3OS/c1-14(2)9-10-20-18(23)13-24-19-21-11-12-22(19)17-7-5-16(6-8-17)15(3)4/h5-8,11-12,14-15H,9-10,13H2,1-4H3,(H,20,23).